The van der Waals surface area contributed by atoms with E-state index in [1.54, 1.807) is 19.9 Å². The van der Waals surface area contributed by atoms with Crippen molar-refractivity contribution >= 4 is 23.8 Å². The largest absolute Gasteiger partial charge is 0.514 e. The van der Waals surface area contributed by atoms with Gasteiger partial charge in [-0.05, 0) is 56.2 Å². The van der Waals surface area contributed by atoms with E-state index >= 15 is 0 Å². The summed E-state index contributed by atoms with van der Waals surface area (Å²) in [5, 5.41) is 31.1. The Labute approximate surface area is 192 Å². The van der Waals surface area contributed by atoms with Crippen LogP contribution < -0.4 is 4.74 Å². The third-order valence-corrected chi connectivity index (χ3v) is 5.81. The molecule has 1 aliphatic carbocycles. The minimum absolute atomic E-state index is 0.0408. The Hall–Kier alpha value is -3.61. The van der Waals surface area contributed by atoms with Crippen LogP contribution in [-0.4, -0.2) is 46.2 Å². The number of ether oxygens (including phenoxy) is 2. The first kappa shape index (κ1) is 25.6. The van der Waals surface area contributed by atoms with Crippen LogP contribution in [0.25, 0.3) is 6.08 Å². The third-order valence-electron chi connectivity index (χ3n) is 5.81. The molecule has 1 aromatic rings. The lowest BCUT2D eigenvalue weighted by molar-refractivity contribution is -0.385. The van der Waals surface area contributed by atoms with Crippen molar-refractivity contribution in [3.8, 4) is 17.6 Å². The number of rotatable bonds is 7. The molecule has 3 unspecified atom stereocenters. The van der Waals surface area contributed by atoms with Crippen LogP contribution in [0.1, 0.15) is 52.5 Å². The molecule has 1 N–H and O–H groups in total. The molecule has 1 aliphatic rings. The number of benzene rings is 1. The van der Waals surface area contributed by atoms with Gasteiger partial charge in [0.1, 0.15) is 17.7 Å². The van der Waals surface area contributed by atoms with Crippen LogP contribution in [0.4, 0.5) is 10.5 Å². The smallest absolute Gasteiger partial charge is 0.499 e. The van der Waals surface area contributed by atoms with Crippen molar-refractivity contribution in [1.82, 2.24) is 4.90 Å². The van der Waals surface area contributed by atoms with E-state index in [4.69, 9.17) is 9.47 Å². The number of carbonyl (C=O) groups is 2. The van der Waals surface area contributed by atoms with E-state index in [0.29, 0.717) is 25.4 Å². The summed E-state index contributed by atoms with van der Waals surface area (Å²) in [4.78, 5) is 36.9. The second-order valence-corrected chi connectivity index (χ2v) is 8.20. The highest BCUT2D eigenvalue weighted by Crippen LogP contribution is 2.38. The Morgan fingerprint density at radius 2 is 1.97 bits per heavy atom. The summed E-state index contributed by atoms with van der Waals surface area (Å²) >= 11 is 0. The van der Waals surface area contributed by atoms with Crippen molar-refractivity contribution in [3.05, 3.63) is 33.4 Å². The monoisotopic (exact) mass is 459 g/mol. The predicted octanol–water partition coefficient (Wildman–Crippen LogP) is 4.42. The van der Waals surface area contributed by atoms with Gasteiger partial charge in [-0.15, -0.1) is 0 Å². The first-order valence-electron chi connectivity index (χ1n) is 10.9. The van der Waals surface area contributed by atoms with Gasteiger partial charge in [-0.25, -0.2) is 4.79 Å². The third kappa shape index (κ3) is 6.44. The average Bonchev–Trinajstić information content (AvgIpc) is 2.77. The number of hydrogen-bond acceptors (Lipinski definition) is 8. The fourth-order valence-corrected chi connectivity index (χ4v) is 3.79. The molecular weight excluding hydrogens is 430 g/mol. The van der Waals surface area contributed by atoms with Crippen LogP contribution in [0.15, 0.2) is 17.7 Å². The molecule has 10 heteroatoms. The molecule has 2 rings (SSSR count). The van der Waals surface area contributed by atoms with Crippen LogP contribution in [0.5, 0.6) is 11.5 Å². The van der Waals surface area contributed by atoms with Gasteiger partial charge < -0.3 is 19.5 Å². The number of aromatic hydroxyl groups is 1. The number of carbonyl (C=O) groups excluding carboxylic acids is 2. The molecule has 178 valence electrons. The highest BCUT2D eigenvalue weighted by Gasteiger charge is 2.30. The minimum atomic E-state index is -1.09. The topological polar surface area (TPSA) is 143 Å². The van der Waals surface area contributed by atoms with E-state index < -0.39 is 34.2 Å². The van der Waals surface area contributed by atoms with Crippen molar-refractivity contribution in [2.75, 3.05) is 13.1 Å². The zero-order valence-electron chi connectivity index (χ0n) is 19.2. The van der Waals surface area contributed by atoms with Crippen molar-refractivity contribution < 1.29 is 29.1 Å². The molecular formula is C23H29N3O7. The lowest BCUT2D eigenvalue weighted by Gasteiger charge is -2.31. The number of nitriles is 1. The average molecular weight is 459 g/mol. The summed E-state index contributed by atoms with van der Waals surface area (Å²) in [6.07, 6.45) is 2.29. The van der Waals surface area contributed by atoms with Gasteiger partial charge in [0.15, 0.2) is 5.75 Å². The maximum absolute atomic E-state index is 12.5. The van der Waals surface area contributed by atoms with Crippen molar-refractivity contribution in [3.63, 3.8) is 0 Å². The van der Waals surface area contributed by atoms with Gasteiger partial charge in [0.2, 0.25) is 5.75 Å². The van der Waals surface area contributed by atoms with E-state index in [2.05, 4.69) is 6.92 Å². The fourth-order valence-electron chi connectivity index (χ4n) is 3.79. The van der Waals surface area contributed by atoms with Crippen molar-refractivity contribution in [2.24, 2.45) is 11.8 Å². The molecule has 3 atom stereocenters. The molecule has 0 radical (unpaired) electrons. The number of nitro groups is 1. The molecule has 0 heterocycles. The zero-order chi connectivity index (χ0) is 24.7. The van der Waals surface area contributed by atoms with Gasteiger partial charge >= 0.3 is 11.8 Å². The maximum atomic E-state index is 12.5. The van der Waals surface area contributed by atoms with Crippen LogP contribution in [0.3, 0.4) is 0 Å². The number of nitro benzene ring substituents is 1. The molecule has 10 nitrogen and oxygen atoms in total. The second kappa shape index (κ2) is 11.3. The molecule has 0 saturated heterocycles. The molecule has 1 fully saturated rings. The van der Waals surface area contributed by atoms with E-state index in [0.717, 1.165) is 31.1 Å². The van der Waals surface area contributed by atoms with Crippen molar-refractivity contribution in [1.29, 1.82) is 5.26 Å². The summed E-state index contributed by atoms with van der Waals surface area (Å²) < 4.78 is 10.5. The standard InChI is InChI=1S/C23H29N3O7/c1-5-25(6-2)22(28)17(13-24)10-16-11-18(26(30)31)21(27)20(12-16)33-23(29)32-19-9-14(3)7-8-15(19)4/h10-12,14-15,19,27H,5-9H2,1-4H3. The Morgan fingerprint density at radius 3 is 2.55 bits per heavy atom. The lowest BCUT2D eigenvalue weighted by atomic mass is 9.82. The Kier molecular flexibility index (Phi) is 8.79. The maximum Gasteiger partial charge on any atom is 0.514 e. The Morgan fingerprint density at radius 1 is 1.30 bits per heavy atom. The molecule has 0 bridgehead atoms. The van der Waals surface area contributed by atoms with Gasteiger partial charge in [0, 0.05) is 19.2 Å². The minimum Gasteiger partial charge on any atom is -0.499 e. The van der Waals surface area contributed by atoms with E-state index in [1.807, 2.05) is 6.92 Å². The van der Waals surface area contributed by atoms with Crippen molar-refractivity contribution in [2.45, 2.75) is 53.1 Å². The van der Waals surface area contributed by atoms with Gasteiger partial charge in [-0.2, -0.15) is 5.26 Å². The fraction of sp³-hybridized carbons (Fsp3) is 0.522. The van der Waals surface area contributed by atoms with Crippen LogP contribution >= 0.6 is 0 Å². The number of hydrogen-bond donors (Lipinski definition) is 1. The van der Waals surface area contributed by atoms with Crippen LogP contribution in [0.2, 0.25) is 0 Å². The molecule has 0 aliphatic heterocycles. The number of phenols is 1. The SMILES string of the molecule is CCN(CC)C(=O)C(C#N)=Cc1cc(OC(=O)OC2CC(C)CCC2C)c(O)c([N+](=O)[O-])c1. The number of phenolic OH excluding ortho intramolecular Hbond substituents is 1. The summed E-state index contributed by atoms with van der Waals surface area (Å²) in [7, 11) is 0. The van der Waals surface area contributed by atoms with Gasteiger partial charge in [-0.3, -0.25) is 14.9 Å². The Bertz CT molecular complexity index is 979. The highest BCUT2D eigenvalue weighted by molar-refractivity contribution is 6.01. The number of likely N-dealkylation sites (N-methyl/N-ethyl adjacent to an activating group) is 1. The van der Waals surface area contributed by atoms with Crippen LogP contribution in [0, 0.1) is 33.3 Å². The van der Waals surface area contributed by atoms with Gasteiger partial charge in [-0.1, -0.05) is 20.3 Å². The quantitative estimate of drug-likeness (QED) is 0.158. The van der Waals surface area contributed by atoms with Gasteiger partial charge in [0.25, 0.3) is 5.91 Å². The molecule has 0 spiro atoms. The first-order chi connectivity index (χ1) is 15.6. The van der Waals surface area contributed by atoms with Gasteiger partial charge in [0.05, 0.1) is 4.92 Å². The molecule has 0 aromatic heterocycles. The lowest BCUT2D eigenvalue weighted by Crippen LogP contribution is -2.32. The Balaban J connectivity index is 2.35. The molecule has 1 aromatic carbocycles. The summed E-state index contributed by atoms with van der Waals surface area (Å²) in [5.41, 5.74) is -0.949. The highest BCUT2D eigenvalue weighted by atomic mass is 16.7. The van der Waals surface area contributed by atoms with E-state index in [-0.39, 0.29) is 23.2 Å². The first-order valence-corrected chi connectivity index (χ1v) is 10.9. The summed E-state index contributed by atoms with van der Waals surface area (Å²) in [6, 6.07) is 3.92. The zero-order valence-corrected chi connectivity index (χ0v) is 19.2. The predicted molar refractivity (Wildman–Crippen MR) is 119 cm³/mol. The van der Waals surface area contributed by atoms with E-state index in [9.17, 15) is 30.1 Å². The molecule has 1 amide bonds. The molecule has 1 saturated carbocycles. The number of amides is 1. The van der Waals surface area contributed by atoms with E-state index in [1.165, 1.54) is 4.90 Å². The molecule has 33 heavy (non-hydrogen) atoms. The van der Waals surface area contributed by atoms with Crippen LogP contribution in [-0.2, 0) is 9.53 Å². The number of nitrogens with zero attached hydrogens (tertiary/aromatic N) is 3. The second-order valence-electron chi connectivity index (χ2n) is 8.20. The normalized spacial score (nSPS) is 20.5. The summed E-state index contributed by atoms with van der Waals surface area (Å²) in [6.45, 7) is 8.30. The summed E-state index contributed by atoms with van der Waals surface area (Å²) in [5.74, 6) is -1.37.